The van der Waals surface area contributed by atoms with Gasteiger partial charge in [-0.2, -0.15) is 13.2 Å². The molecule has 2 saturated heterocycles. The van der Waals surface area contributed by atoms with Gasteiger partial charge in [-0.1, -0.05) is 23.8 Å². The first-order valence-electron chi connectivity index (χ1n) is 10.7. The second kappa shape index (κ2) is 8.98. The van der Waals surface area contributed by atoms with E-state index in [2.05, 4.69) is 26.6 Å². The number of hydrogen-bond donors (Lipinski definition) is 5. The van der Waals surface area contributed by atoms with Gasteiger partial charge in [0.1, 0.15) is 0 Å². The number of anilines is 2. The van der Waals surface area contributed by atoms with Crippen LogP contribution in [-0.4, -0.2) is 30.2 Å². The summed E-state index contributed by atoms with van der Waals surface area (Å²) >= 11 is 0. The number of nitrogens with one attached hydrogen (secondary N) is 5. The largest absolute Gasteiger partial charge is 0.416 e. The molecule has 0 bridgehead atoms. The third kappa shape index (κ3) is 4.98. The van der Waals surface area contributed by atoms with Crippen molar-refractivity contribution >= 4 is 29.1 Å². The first-order chi connectivity index (χ1) is 16.0. The van der Waals surface area contributed by atoms with E-state index in [1.54, 1.807) is 6.07 Å². The molecular formula is C23H24F3N5O3. The predicted molar refractivity (Wildman–Crippen MR) is 118 cm³/mol. The Balaban J connectivity index is 1.49. The third-order valence-electron chi connectivity index (χ3n) is 5.93. The Morgan fingerprint density at radius 1 is 1.06 bits per heavy atom. The monoisotopic (exact) mass is 475 g/mol. The number of carbonyl (C=O) groups is 3. The van der Waals surface area contributed by atoms with E-state index < -0.39 is 53.8 Å². The molecule has 0 aliphatic carbocycles. The van der Waals surface area contributed by atoms with E-state index in [0.717, 1.165) is 23.3 Å². The van der Waals surface area contributed by atoms with Crippen LogP contribution >= 0.6 is 0 Å². The molecule has 180 valence electrons. The average Bonchev–Trinajstić information content (AvgIpc) is 2.74. The van der Waals surface area contributed by atoms with Crippen molar-refractivity contribution in [2.75, 3.05) is 10.6 Å². The van der Waals surface area contributed by atoms with Crippen LogP contribution in [0.2, 0.25) is 0 Å². The molecule has 2 fully saturated rings. The lowest BCUT2D eigenvalue weighted by molar-refractivity contribution is -0.144. The molecule has 2 aromatic carbocycles. The van der Waals surface area contributed by atoms with Gasteiger partial charge < -0.3 is 21.3 Å². The number of fused-ring (bicyclic) bond motifs is 1. The number of aryl methyl sites for hydroxylation is 2. The second-order valence-electron chi connectivity index (χ2n) is 8.52. The number of halogens is 3. The summed E-state index contributed by atoms with van der Waals surface area (Å²) in [5, 5.41) is 13.8. The quantitative estimate of drug-likeness (QED) is 0.467. The molecule has 4 unspecified atom stereocenters. The number of piperidine rings is 1. The molecule has 0 spiro atoms. The van der Waals surface area contributed by atoms with Crippen molar-refractivity contribution in [1.82, 2.24) is 16.0 Å². The van der Waals surface area contributed by atoms with Gasteiger partial charge in [0.25, 0.3) is 0 Å². The Morgan fingerprint density at radius 3 is 2.53 bits per heavy atom. The fraction of sp³-hybridized carbons (Fsp3) is 0.348. The van der Waals surface area contributed by atoms with Crippen molar-refractivity contribution in [1.29, 1.82) is 0 Å². The number of rotatable bonds is 4. The van der Waals surface area contributed by atoms with E-state index in [4.69, 9.17) is 0 Å². The summed E-state index contributed by atoms with van der Waals surface area (Å²) in [6.07, 6.45) is -6.52. The summed E-state index contributed by atoms with van der Waals surface area (Å²) in [6, 6.07) is 10.0. The first kappa shape index (κ1) is 23.6. The zero-order valence-electron chi connectivity index (χ0n) is 18.4. The molecule has 0 aromatic heterocycles. The van der Waals surface area contributed by atoms with Crippen LogP contribution in [0.15, 0.2) is 42.5 Å². The van der Waals surface area contributed by atoms with Gasteiger partial charge in [-0.05, 0) is 43.7 Å². The minimum Gasteiger partial charge on any atom is -0.353 e. The SMILES string of the molecule is Cc1ccc(NC(=O)C2CC(=O)NC3NC(Nc4cccc(C(F)(F)F)c4)NC(=O)C32)c(C)c1. The number of hydrogen-bond acceptors (Lipinski definition) is 5. The summed E-state index contributed by atoms with van der Waals surface area (Å²) in [5.41, 5.74) is 1.75. The van der Waals surface area contributed by atoms with Crippen molar-refractivity contribution in [3.05, 3.63) is 59.2 Å². The number of benzene rings is 2. The van der Waals surface area contributed by atoms with Crippen molar-refractivity contribution in [3.63, 3.8) is 0 Å². The third-order valence-corrected chi connectivity index (χ3v) is 5.93. The fourth-order valence-electron chi connectivity index (χ4n) is 4.29. The van der Waals surface area contributed by atoms with Crippen LogP contribution in [0, 0.1) is 25.7 Å². The van der Waals surface area contributed by atoms with E-state index >= 15 is 0 Å². The predicted octanol–water partition coefficient (Wildman–Crippen LogP) is 2.45. The van der Waals surface area contributed by atoms with Crippen LogP contribution in [0.5, 0.6) is 0 Å². The van der Waals surface area contributed by atoms with Crippen LogP contribution in [0.4, 0.5) is 24.5 Å². The zero-order chi connectivity index (χ0) is 24.6. The average molecular weight is 475 g/mol. The van der Waals surface area contributed by atoms with Gasteiger partial charge in [-0.15, -0.1) is 0 Å². The maximum absolute atomic E-state index is 13.0. The minimum atomic E-state index is -4.51. The summed E-state index contributed by atoms with van der Waals surface area (Å²) in [7, 11) is 0. The Bertz CT molecular complexity index is 1140. The molecule has 2 heterocycles. The molecule has 8 nitrogen and oxygen atoms in total. The highest BCUT2D eigenvalue weighted by Crippen LogP contribution is 2.32. The topological polar surface area (TPSA) is 111 Å². The van der Waals surface area contributed by atoms with E-state index in [0.29, 0.717) is 5.69 Å². The summed E-state index contributed by atoms with van der Waals surface area (Å²) < 4.78 is 39.0. The Hall–Kier alpha value is -3.60. The highest BCUT2D eigenvalue weighted by atomic mass is 19.4. The molecule has 4 atom stereocenters. The molecule has 34 heavy (non-hydrogen) atoms. The smallest absolute Gasteiger partial charge is 0.353 e. The lowest BCUT2D eigenvalue weighted by Crippen LogP contribution is -2.72. The fourth-order valence-corrected chi connectivity index (χ4v) is 4.29. The molecule has 2 aliphatic rings. The van der Waals surface area contributed by atoms with E-state index in [1.165, 1.54) is 12.1 Å². The van der Waals surface area contributed by atoms with Gasteiger partial charge in [0.15, 0.2) is 6.29 Å². The Labute approximate surface area is 193 Å². The zero-order valence-corrected chi connectivity index (χ0v) is 18.4. The van der Waals surface area contributed by atoms with Crippen LogP contribution in [0.3, 0.4) is 0 Å². The lowest BCUT2D eigenvalue weighted by Gasteiger charge is -2.43. The molecule has 0 saturated carbocycles. The van der Waals surface area contributed by atoms with Crippen LogP contribution < -0.4 is 26.6 Å². The van der Waals surface area contributed by atoms with E-state index in [-0.39, 0.29) is 12.1 Å². The van der Waals surface area contributed by atoms with Crippen molar-refractivity contribution in [2.24, 2.45) is 11.8 Å². The van der Waals surface area contributed by atoms with Crippen LogP contribution in [0.1, 0.15) is 23.1 Å². The van der Waals surface area contributed by atoms with Crippen molar-refractivity contribution in [2.45, 2.75) is 38.9 Å². The summed E-state index contributed by atoms with van der Waals surface area (Å²) in [6.45, 7) is 3.77. The molecule has 2 aromatic rings. The first-order valence-corrected chi connectivity index (χ1v) is 10.7. The maximum atomic E-state index is 13.0. The van der Waals surface area contributed by atoms with Crippen molar-refractivity contribution in [3.8, 4) is 0 Å². The van der Waals surface area contributed by atoms with Gasteiger partial charge in [-0.25, -0.2) is 0 Å². The Kier molecular flexibility index (Phi) is 6.22. The second-order valence-corrected chi connectivity index (χ2v) is 8.52. The maximum Gasteiger partial charge on any atom is 0.416 e. The van der Waals surface area contributed by atoms with Gasteiger partial charge in [0, 0.05) is 17.8 Å². The van der Waals surface area contributed by atoms with Crippen LogP contribution in [-0.2, 0) is 20.6 Å². The van der Waals surface area contributed by atoms with Gasteiger partial charge >= 0.3 is 6.18 Å². The van der Waals surface area contributed by atoms with Crippen LogP contribution in [0.25, 0.3) is 0 Å². The minimum absolute atomic E-state index is 0.123. The van der Waals surface area contributed by atoms with Gasteiger partial charge in [-0.3, -0.25) is 19.7 Å². The lowest BCUT2D eigenvalue weighted by atomic mass is 9.81. The van der Waals surface area contributed by atoms with E-state index in [9.17, 15) is 27.6 Å². The normalized spacial score (nSPS) is 24.5. The molecule has 2 aliphatic heterocycles. The molecule has 3 amide bonds. The molecule has 4 rings (SSSR count). The van der Waals surface area contributed by atoms with Gasteiger partial charge in [0.05, 0.1) is 23.6 Å². The highest BCUT2D eigenvalue weighted by Gasteiger charge is 2.48. The molecular weight excluding hydrogens is 451 g/mol. The molecule has 0 radical (unpaired) electrons. The van der Waals surface area contributed by atoms with E-state index in [1.807, 2.05) is 26.0 Å². The Morgan fingerprint density at radius 2 is 1.82 bits per heavy atom. The number of alkyl halides is 3. The highest BCUT2D eigenvalue weighted by molar-refractivity contribution is 6.00. The molecule has 11 heteroatoms. The summed E-state index contributed by atoms with van der Waals surface area (Å²) in [4.78, 5) is 38.3. The summed E-state index contributed by atoms with van der Waals surface area (Å²) in [5.74, 6) is -3.21. The number of amides is 3. The number of carbonyl (C=O) groups excluding carboxylic acids is 3. The van der Waals surface area contributed by atoms with Gasteiger partial charge in [0.2, 0.25) is 17.7 Å². The van der Waals surface area contributed by atoms with Crippen molar-refractivity contribution < 1.29 is 27.6 Å². The molecule has 5 N–H and O–H groups in total. The standard InChI is InChI=1S/C23H24F3N5O3/c1-11-6-7-16(12(2)8-11)28-20(33)15-10-17(32)29-19-18(15)21(34)31-22(30-19)27-14-5-3-4-13(9-14)23(24,25)26/h3-9,15,18-19,22,27,30H,10H2,1-2H3,(H,28,33)(H,29,32)(H,31,34).